The predicted octanol–water partition coefficient (Wildman–Crippen LogP) is 3.39. The van der Waals surface area contributed by atoms with Gasteiger partial charge in [0.2, 0.25) is 5.91 Å². The summed E-state index contributed by atoms with van der Waals surface area (Å²) in [5.74, 6) is 1.49. The number of alkyl halides is 1. The van der Waals surface area contributed by atoms with Crippen molar-refractivity contribution in [3.05, 3.63) is 30.1 Å². The maximum atomic E-state index is 11.9. The molecule has 0 fully saturated rings. The number of aromatic nitrogens is 2. The highest BCUT2D eigenvalue weighted by Gasteiger charge is 2.12. The average molecular weight is 294 g/mol. The number of carbonyl (C=O) groups excluding carboxylic acids is 1. The van der Waals surface area contributed by atoms with Crippen LogP contribution >= 0.6 is 11.6 Å². The van der Waals surface area contributed by atoms with Crippen molar-refractivity contribution in [2.75, 3.05) is 11.2 Å². The van der Waals surface area contributed by atoms with Crippen LogP contribution < -0.4 is 5.32 Å². The van der Waals surface area contributed by atoms with E-state index >= 15 is 0 Å². The van der Waals surface area contributed by atoms with Gasteiger partial charge in [-0.2, -0.15) is 4.98 Å². The standard InChI is InChI=1S/C14H16ClN3O2/c1-10-16-14(20-18-10)11-6-2-3-7-12(11)17-13(19)8-4-5-9-15/h2-3,6-7H,4-5,8-9H2,1H3,(H,17,19). The second-order valence-electron chi connectivity index (χ2n) is 4.39. The third kappa shape index (κ3) is 3.81. The van der Waals surface area contributed by atoms with Crippen molar-refractivity contribution in [2.24, 2.45) is 0 Å². The summed E-state index contributed by atoms with van der Waals surface area (Å²) in [6, 6.07) is 7.36. The fraction of sp³-hybridized carbons (Fsp3) is 0.357. The van der Waals surface area contributed by atoms with Gasteiger partial charge in [0.15, 0.2) is 5.82 Å². The quantitative estimate of drug-likeness (QED) is 0.655. The molecule has 0 saturated carbocycles. The molecular weight excluding hydrogens is 278 g/mol. The number of unbranched alkanes of at least 4 members (excludes halogenated alkanes) is 1. The summed E-state index contributed by atoms with van der Waals surface area (Å²) >= 11 is 5.59. The Morgan fingerprint density at radius 3 is 2.85 bits per heavy atom. The highest BCUT2D eigenvalue weighted by Crippen LogP contribution is 2.26. The number of para-hydroxylation sites is 1. The summed E-state index contributed by atoms with van der Waals surface area (Å²) in [4.78, 5) is 16.0. The lowest BCUT2D eigenvalue weighted by Crippen LogP contribution is -2.12. The summed E-state index contributed by atoms with van der Waals surface area (Å²) in [7, 11) is 0. The predicted molar refractivity (Wildman–Crippen MR) is 77.7 cm³/mol. The van der Waals surface area contributed by atoms with E-state index in [0.717, 1.165) is 18.4 Å². The van der Waals surface area contributed by atoms with Crippen molar-refractivity contribution in [3.8, 4) is 11.5 Å². The van der Waals surface area contributed by atoms with Crippen LogP contribution in [0.25, 0.3) is 11.5 Å². The third-order valence-corrected chi connectivity index (χ3v) is 3.01. The minimum Gasteiger partial charge on any atom is -0.334 e. The summed E-state index contributed by atoms with van der Waals surface area (Å²) in [6.45, 7) is 1.75. The Bertz CT molecular complexity index is 583. The van der Waals surface area contributed by atoms with Gasteiger partial charge in [-0.1, -0.05) is 17.3 Å². The SMILES string of the molecule is Cc1noc(-c2ccccc2NC(=O)CCCCCl)n1. The molecule has 2 rings (SSSR count). The van der Waals surface area contributed by atoms with Gasteiger partial charge in [-0.25, -0.2) is 0 Å². The van der Waals surface area contributed by atoms with E-state index in [1.54, 1.807) is 6.92 Å². The molecule has 0 bridgehead atoms. The molecule has 1 N–H and O–H groups in total. The van der Waals surface area contributed by atoms with Gasteiger partial charge in [0.25, 0.3) is 5.89 Å². The first kappa shape index (κ1) is 14.5. The molecule has 2 aromatic rings. The van der Waals surface area contributed by atoms with Crippen LogP contribution in [-0.2, 0) is 4.79 Å². The molecule has 106 valence electrons. The second-order valence-corrected chi connectivity index (χ2v) is 4.76. The first-order valence-electron chi connectivity index (χ1n) is 6.46. The number of aryl methyl sites for hydroxylation is 1. The molecule has 0 atom stereocenters. The molecule has 20 heavy (non-hydrogen) atoms. The largest absolute Gasteiger partial charge is 0.334 e. The van der Waals surface area contributed by atoms with E-state index in [4.69, 9.17) is 16.1 Å². The van der Waals surface area contributed by atoms with E-state index in [1.807, 2.05) is 24.3 Å². The van der Waals surface area contributed by atoms with E-state index in [0.29, 0.717) is 29.7 Å². The number of hydrogen-bond donors (Lipinski definition) is 1. The number of carbonyl (C=O) groups is 1. The zero-order valence-corrected chi connectivity index (χ0v) is 12.0. The first-order chi connectivity index (χ1) is 9.70. The number of nitrogens with one attached hydrogen (secondary N) is 1. The summed E-state index contributed by atoms with van der Waals surface area (Å²) in [5, 5.41) is 6.63. The van der Waals surface area contributed by atoms with Crippen LogP contribution in [-0.4, -0.2) is 21.9 Å². The second kappa shape index (κ2) is 7.05. The Morgan fingerprint density at radius 1 is 1.35 bits per heavy atom. The Labute approximate surface area is 122 Å². The summed E-state index contributed by atoms with van der Waals surface area (Å²) in [5.41, 5.74) is 1.39. The highest BCUT2D eigenvalue weighted by atomic mass is 35.5. The van der Waals surface area contributed by atoms with E-state index in [1.165, 1.54) is 0 Å². The monoisotopic (exact) mass is 293 g/mol. The molecule has 0 aliphatic heterocycles. The van der Waals surface area contributed by atoms with E-state index in [-0.39, 0.29) is 5.91 Å². The lowest BCUT2D eigenvalue weighted by Gasteiger charge is -2.08. The molecule has 1 aromatic heterocycles. The Morgan fingerprint density at radius 2 is 2.15 bits per heavy atom. The number of hydrogen-bond acceptors (Lipinski definition) is 4. The highest BCUT2D eigenvalue weighted by molar-refractivity contribution is 6.17. The molecule has 1 heterocycles. The minimum absolute atomic E-state index is 0.0428. The van der Waals surface area contributed by atoms with E-state index in [9.17, 15) is 4.79 Å². The first-order valence-corrected chi connectivity index (χ1v) is 6.99. The Hall–Kier alpha value is -1.88. The summed E-state index contributed by atoms with van der Waals surface area (Å²) < 4.78 is 5.14. The molecule has 0 saturated heterocycles. The minimum atomic E-state index is -0.0428. The van der Waals surface area contributed by atoms with Gasteiger partial charge in [-0.05, 0) is 31.9 Å². The maximum absolute atomic E-state index is 11.9. The third-order valence-electron chi connectivity index (χ3n) is 2.75. The lowest BCUT2D eigenvalue weighted by molar-refractivity contribution is -0.116. The van der Waals surface area contributed by atoms with Crippen molar-refractivity contribution in [3.63, 3.8) is 0 Å². The zero-order valence-electron chi connectivity index (χ0n) is 11.2. The smallest absolute Gasteiger partial charge is 0.260 e. The zero-order chi connectivity index (χ0) is 14.4. The number of anilines is 1. The van der Waals surface area contributed by atoms with Gasteiger partial charge in [-0.15, -0.1) is 11.6 Å². The molecule has 0 aliphatic rings. The number of halogens is 1. The van der Waals surface area contributed by atoms with Crippen molar-refractivity contribution in [1.29, 1.82) is 0 Å². The average Bonchev–Trinajstić information content (AvgIpc) is 2.86. The van der Waals surface area contributed by atoms with Crippen LogP contribution in [0.15, 0.2) is 28.8 Å². The van der Waals surface area contributed by atoms with Crippen molar-refractivity contribution >= 4 is 23.2 Å². The molecule has 1 aromatic carbocycles. The van der Waals surface area contributed by atoms with Gasteiger partial charge in [0.05, 0.1) is 11.3 Å². The van der Waals surface area contributed by atoms with E-state index < -0.39 is 0 Å². The van der Waals surface area contributed by atoms with Crippen molar-refractivity contribution in [2.45, 2.75) is 26.2 Å². The molecular formula is C14H16ClN3O2. The number of rotatable bonds is 6. The topological polar surface area (TPSA) is 68.0 Å². The Kier molecular flexibility index (Phi) is 5.12. The van der Waals surface area contributed by atoms with Crippen LogP contribution in [0.2, 0.25) is 0 Å². The molecule has 0 unspecified atom stereocenters. The van der Waals surface area contributed by atoms with Crippen LogP contribution in [0, 0.1) is 6.92 Å². The maximum Gasteiger partial charge on any atom is 0.260 e. The normalized spacial score (nSPS) is 10.5. The van der Waals surface area contributed by atoms with Gasteiger partial charge in [0, 0.05) is 12.3 Å². The molecule has 1 amide bonds. The van der Waals surface area contributed by atoms with Crippen molar-refractivity contribution < 1.29 is 9.32 Å². The number of benzene rings is 1. The van der Waals surface area contributed by atoms with Gasteiger partial charge in [0.1, 0.15) is 0 Å². The molecule has 5 nitrogen and oxygen atoms in total. The fourth-order valence-corrected chi connectivity index (χ4v) is 1.97. The number of nitrogens with zero attached hydrogens (tertiary/aromatic N) is 2. The molecule has 0 spiro atoms. The fourth-order valence-electron chi connectivity index (χ4n) is 1.78. The van der Waals surface area contributed by atoms with Gasteiger partial charge in [-0.3, -0.25) is 4.79 Å². The van der Waals surface area contributed by atoms with Gasteiger partial charge < -0.3 is 9.84 Å². The lowest BCUT2D eigenvalue weighted by atomic mass is 10.1. The van der Waals surface area contributed by atoms with Crippen molar-refractivity contribution in [1.82, 2.24) is 10.1 Å². The molecule has 0 aliphatic carbocycles. The van der Waals surface area contributed by atoms with Crippen LogP contribution in [0.4, 0.5) is 5.69 Å². The van der Waals surface area contributed by atoms with Crippen LogP contribution in [0.1, 0.15) is 25.1 Å². The number of amides is 1. The van der Waals surface area contributed by atoms with Gasteiger partial charge >= 0.3 is 0 Å². The summed E-state index contributed by atoms with van der Waals surface area (Å²) in [6.07, 6.45) is 2.06. The van der Waals surface area contributed by atoms with Crippen LogP contribution in [0.5, 0.6) is 0 Å². The van der Waals surface area contributed by atoms with Crippen LogP contribution in [0.3, 0.4) is 0 Å². The molecule has 6 heteroatoms. The molecule has 0 radical (unpaired) electrons. The Balaban J connectivity index is 2.10. The van der Waals surface area contributed by atoms with E-state index in [2.05, 4.69) is 15.5 Å².